The van der Waals surface area contributed by atoms with Gasteiger partial charge < -0.3 is 9.80 Å². The molecule has 0 spiro atoms. The van der Waals surface area contributed by atoms with Crippen LogP contribution in [0.15, 0.2) is 30.9 Å². The van der Waals surface area contributed by atoms with Crippen molar-refractivity contribution in [3.8, 4) is 0 Å². The molecule has 1 aliphatic heterocycles. The van der Waals surface area contributed by atoms with E-state index in [1.54, 1.807) is 4.90 Å². The molecule has 0 unspecified atom stereocenters. The maximum atomic E-state index is 13.6. The Labute approximate surface area is 104 Å². The van der Waals surface area contributed by atoms with Gasteiger partial charge in [0.2, 0.25) is 5.91 Å². The van der Waals surface area contributed by atoms with Crippen molar-refractivity contribution < 1.29 is 13.6 Å². The van der Waals surface area contributed by atoms with Gasteiger partial charge in [0.25, 0.3) is 0 Å². The molecular formula is C13H14F2N2O. The molecule has 3 nitrogen and oxygen atoms in total. The predicted octanol–water partition coefficient (Wildman–Crippen LogP) is 1.80. The van der Waals surface area contributed by atoms with Crippen LogP contribution in [0.2, 0.25) is 0 Å². The number of nitrogens with zero attached hydrogens (tertiary/aromatic N) is 2. The zero-order valence-electron chi connectivity index (χ0n) is 9.90. The summed E-state index contributed by atoms with van der Waals surface area (Å²) in [5, 5.41) is 0. The van der Waals surface area contributed by atoms with E-state index >= 15 is 0 Å². The molecule has 1 aliphatic rings. The molecule has 5 heteroatoms. The van der Waals surface area contributed by atoms with Gasteiger partial charge in [-0.2, -0.15) is 0 Å². The Morgan fingerprint density at radius 1 is 1.22 bits per heavy atom. The summed E-state index contributed by atoms with van der Waals surface area (Å²) in [6, 6.07) is 3.53. The smallest absolute Gasteiger partial charge is 0.246 e. The Hall–Kier alpha value is -1.91. The normalized spacial score (nSPS) is 15.7. The first-order valence-corrected chi connectivity index (χ1v) is 5.73. The molecule has 1 fully saturated rings. The Morgan fingerprint density at radius 2 is 1.89 bits per heavy atom. The highest BCUT2D eigenvalue weighted by Crippen LogP contribution is 2.21. The molecule has 1 amide bonds. The molecule has 0 N–H and O–H groups in total. The molecule has 0 atom stereocenters. The fourth-order valence-corrected chi connectivity index (χ4v) is 2.03. The number of rotatable bonds is 2. The highest BCUT2D eigenvalue weighted by atomic mass is 19.1. The monoisotopic (exact) mass is 252 g/mol. The maximum Gasteiger partial charge on any atom is 0.246 e. The van der Waals surface area contributed by atoms with Crippen LogP contribution in [0, 0.1) is 11.6 Å². The van der Waals surface area contributed by atoms with Gasteiger partial charge in [-0.3, -0.25) is 4.79 Å². The van der Waals surface area contributed by atoms with E-state index in [0.29, 0.717) is 31.9 Å². The van der Waals surface area contributed by atoms with E-state index in [9.17, 15) is 13.6 Å². The first-order valence-electron chi connectivity index (χ1n) is 5.73. The predicted molar refractivity (Wildman–Crippen MR) is 65.3 cm³/mol. The van der Waals surface area contributed by atoms with E-state index in [0.717, 1.165) is 6.07 Å². The van der Waals surface area contributed by atoms with Crippen LogP contribution in [-0.2, 0) is 4.79 Å². The quantitative estimate of drug-likeness (QED) is 0.749. The van der Waals surface area contributed by atoms with Gasteiger partial charge >= 0.3 is 0 Å². The molecule has 0 aliphatic carbocycles. The molecule has 1 saturated heterocycles. The molecule has 0 aromatic heterocycles. The van der Waals surface area contributed by atoms with E-state index < -0.39 is 11.6 Å². The summed E-state index contributed by atoms with van der Waals surface area (Å²) in [7, 11) is 0. The lowest BCUT2D eigenvalue weighted by molar-refractivity contribution is -0.126. The lowest BCUT2D eigenvalue weighted by Crippen LogP contribution is -2.48. The number of benzene rings is 1. The van der Waals surface area contributed by atoms with E-state index in [1.165, 1.54) is 18.2 Å². The van der Waals surface area contributed by atoms with Crippen LogP contribution < -0.4 is 4.90 Å². The van der Waals surface area contributed by atoms with Gasteiger partial charge in [-0.05, 0) is 18.2 Å². The van der Waals surface area contributed by atoms with Crippen LogP contribution in [0.1, 0.15) is 0 Å². The number of piperazine rings is 1. The van der Waals surface area contributed by atoms with Crippen molar-refractivity contribution in [2.45, 2.75) is 0 Å². The minimum Gasteiger partial charge on any atom is -0.366 e. The number of hydrogen-bond donors (Lipinski definition) is 0. The number of anilines is 1. The topological polar surface area (TPSA) is 23.6 Å². The van der Waals surface area contributed by atoms with Gasteiger partial charge in [0.15, 0.2) is 0 Å². The summed E-state index contributed by atoms with van der Waals surface area (Å²) in [6.07, 6.45) is 1.27. The molecule has 18 heavy (non-hydrogen) atoms. The molecule has 0 radical (unpaired) electrons. The van der Waals surface area contributed by atoms with Crippen molar-refractivity contribution in [1.29, 1.82) is 0 Å². The summed E-state index contributed by atoms with van der Waals surface area (Å²) >= 11 is 0. The Bertz CT molecular complexity index is 468. The molecule has 1 aromatic carbocycles. The van der Waals surface area contributed by atoms with Gasteiger partial charge in [0.05, 0.1) is 5.69 Å². The van der Waals surface area contributed by atoms with Crippen LogP contribution in [0.4, 0.5) is 14.5 Å². The Balaban J connectivity index is 2.05. The summed E-state index contributed by atoms with van der Waals surface area (Å²) in [4.78, 5) is 14.9. The standard InChI is InChI=1S/C13H14F2N2O/c1-2-13(18)17-7-5-16(6-8-17)12-4-3-10(14)9-11(12)15/h2-4,9H,1,5-8H2. The zero-order valence-corrected chi connectivity index (χ0v) is 9.90. The van der Waals surface area contributed by atoms with Crippen molar-refractivity contribution in [2.75, 3.05) is 31.1 Å². The van der Waals surface area contributed by atoms with Gasteiger partial charge in [-0.25, -0.2) is 8.78 Å². The summed E-state index contributed by atoms with van der Waals surface area (Å²) in [5.41, 5.74) is 0.377. The van der Waals surface area contributed by atoms with Crippen molar-refractivity contribution in [3.05, 3.63) is 42.5 Å². The molecule has 96 valence electrons. The average Bonchev–Trinajstić information content (AvgIpc) is 2.38. The van der Waals surface area contributed by atoms with E-state index in [2.05, 4.69) is 6.58 Å². The molecule has 0 saturated carbocycles. The molecular weight excluding hydrogens is 238 g/mol. The van der Waals surface area contributed by atoms with Crippen molar-refractivity contribution in [1.82, 2.24) is 4.90 Å². The molecule has 1 heterocycles. The van der Waals surface area contributed by atoms with Gasteiger partial charge in [-0.15, -0.1) is 0 Å². The van der Waals surface area contributed by atoms with Crippen LogP contribution in [0.5, 0.6) is 0 Å². The van der Waals surface area contributed by atoms with E-state index in [4.69, 9.17) is 0 Å². The molecule has 2 rings (SSSR count). The molecule has 1 aromatic rings. The number of amides is 1. The SMILES string of the molecule is C=CC(=O)N1CCN(c2ccc(F)cc2F)CC1. The minimum absolute atomic E-state index is 0.116. The van der Waals surface area contributed by atoms with Crippen LogP contribution in [-0.4, -0.2) is 37.0 Å². The Kier molecular flexibility index (Phi) is 3.60. The maximum absolute atomic E-state index is 13.6. The second-order valence-electron chi connectivity index (χ2n) is 4.11. The average molecular weight is 252 g/mol. The van der Waals surface area contributed by atoms with Crippen LogP contribution >= 0.6 is 0 Å². The summed E-state index contributed by atoms with van der Waals surface area (Å²) < 4.78 is 26.4. The lowest BCUT2D eigenvalue weighted by atomic mass is 10.2. The lowest BCUT2D eigenvalue weighted by Gasteiger charge is -2.35. The third-order valence-corrected chi connectivity index (χ3v) is 3.02. The number of carbonyl (C=O) groups excluding carboxylic acids is 1. The van der Waals surface area contributed by atoms with E-state index in [1.807, 2.05) is 4.90 Å². The number of carbonyl (C=O) groups is 1. The first kappa shape index (κ1) is 12.5. The van der Waals surface area contributed by atoms with Gasteiger partial charge in [0, 0.05) is 32.2 Å². The van der Waals surface area contributed by atoms with Crippen molar-refractivity contribution >= 4 is 11.6 Å². The third-order valence-electron chi connectivity index (χ3n) is 3.02. The fraction of sp³-hybridized carbons (Fsp3) is 0.308. The highest BCUT2D eigenvalue weighted by Gasteiger charge is 2.21. The second kappa shape index (κ2) is 5.16. The van der Waals surface area contributed by atoms with Crippen molar-refractivity contribution in [3.63, 3.8) is 0 Å². The molecule has 0 bridgehead atoms. The summed E-state index contributed by atoms with van der Waals surface area (Å²) in [6.45, 7) is 5.52. The van der Waals surface area contributed by atoms with E-state index in [-0.39, 0.29) is 5.91 Å². The largest absolute Gasteiger partial charge is 0.366 e. The fourth-order valence-electron chi connectivity index (χ4n) is 2.03. The second-order valence-corrected chi connectivity index (χ2v) is 4.11. The zero-order chi connectivity index (χ0) is 13.1. The van der Waals surface area contributed by atoms with Crippen LogP contribution in [0.25, 0.3) is 0 Å². The minimum atomic E-state index is -0.586. The van der Waals surface area contributed by atoms with Crippen molar-refractivity contribution in [2.24, 2.45) is 0 Å². The van der Waals surface area contributed by atoms with Crippen LogP contribution in [0.3, 0.4) is 0 Å². The van der Waals surface area contributed by atoms with Gasteiger partial charge in [0.1, 0.15) is 11.6 Å². The number of halogens is 2. The highest BCUT2D eigenvalue weighted by molar-refractivity contribution is 5.87. The number of hydrogen-bond acceptors (Lipinski definition) is 2. The Morgan fingerprint density at radius 3 is 2.44 bits per heavy atom. The first-order chi connectivity index (χ1) is 8.61. The third kappa shape index (κ3) is 2.50. The summed E-state index contributed by atoms with van der Waals surface area (Å²) in [5.74, 6) is -1.27. The van der Waals surface area contributed by atoms with Gasteiger partial charge in [-0.1, -0.05) is 6.58 Å².